The van der Waals surface area contributed by atoms with Crippen molar-refractivity contribution in [2.45, 2.75) is 33.2 Å². The molecule has 1 amide bonds. The quantitative estimate of drug-likeness (QED) is 0.848. The second-order valence-electron chi connectivity index (χ2n) is 6.43. The number of amides is 1. The molecule has 1 unspecified atom stereocenters. The Labute approximate surface area is 152 Å². The van der Waals surface area contributed by atoms with Gasteiger partial charge < -0.3 is 9.84 Å². The van der Waals surface area contributed by atoms with Crippen LogP contribution >= 0.6 is 0 Å². The average Bonchev–Trinajstić information content (AvgIpc) is 2.60. The van der Waals surface area contributed by atoms with Crippen molar-refractivity contribution >= 4 is 23.6 Å². The number of aryl methyl sites for hydroxylation is 2. The van der Waals surface area contributed by atoms with Crippen LogP contribution in [0.2, 0.25) is 0 Å². The molecule has 0 saturated heterocycles. The van der Waals surface area contributed by atoms with E-state index in [1.807, 2.05) is 44.2 Å². The number of carbonyl (C=O) groups excluding carboxylic acids is 1. The molecular formula is C21H21NO4. The highest BCUT2D eigenvalue weighted by Gasteiger charge is 2.37. The van der Waals surface area contributed by atoms with E-state index in [2.05, 4.69) is 0 Å². The largest absolute Gasteiger partial charge is 0.480 e. The van der Waals surface area contributed by atoms with Crippen LogP contribution in [0.4, 0.5) is 5.69 Å². The molecule has 0 saturated carbocycles. The van der Waals surface area contributed by atoms with Gasteiger partial charge in [-0.1, -0.05) is 42.8 Å². The highest BCUT2D eigenvalue weighted by atomic mass is 16.5. The van der Waals surface area contributed by atoms with Crippen molar-refractivity contribution in [3.05, 3.63) is 64.9 Å². The summed E-state index contributed by atoms with van der Waals surface area (Å²) >= 11 is 0. The number of hydrogen-bond donors (Lipinski definition) is 1. The van der Waals surface area contributed by atoms with E-state index in [1.165, 1.54) is 4.90 Å². The van der Waals surface area contributed by atoms with Crippen LogP contribution in [0.15, 0.2) is 48.2 Å². The Kier molecular flexibility index (Phi) is 4.80. The summed E-state index contributed by atoms with van der Waals surface area (Å²) in [5, 5.41) is 9.59. The van der Waals surface area contributed by atoms with Gasteiger partial charge in [-0.25, -0.2) is 4.79 Å². The molecule has 0 fully saturated rings. The normalized spacial score (nSPS) is 16.2. The van der Waals surface area contributed by atoms with Gasteiger partial charge in [0.2, 0.25) is 0 Å². The summed E-state index contributed by atoms with van der Waals surface area (Å²) in [6, 6.07) is 12.1. The number of fused-ring (bicyclic) bond motifs is 1. The standard InChI is InChI=1S/C21H21NO4/c1-4-16(21(24)25)22-17-11-14(3)7-10-18(17)26-19(20(22)23)12-15-8-5-13(2)6-9-15/h5-12,16H,4H2,1-3H3,(H,24,25)/b19-12+. The highest BCUT2D eigenvalue weighted by Crippen LogP contribution is 2.38. The Bertz CT molecular complexity index is 883. The van der Waals surface area contributed by atoms with Crippen molar-refractivity contribution in [3.8, 4) is 5.75 Å². The molecule has 5 heteroatoms. The van der Waals surface area contributed by atoms with Crippen LogP contribution in [0.5, 0.6) is 5.75 Å². The Morgan fingerprint density at radius 1 is 1.15 bits per heavy atom. The lowest BCUT2D eigenvalue weighted by Crippen LogP contribution is -2.48. The minimum Gasteiger partial charge on any atom is -0.480 e. The van der Waals surface area contributed by atoms with Crippen LogP contribution in [0, 0.1) is 13.8 Å². The van der Waals surface area contributed by atoms with Crippen LogP contribution in [0.3, 0.4) is 0 Å². The van der Waals surface area contributed by atoms with Gasteiger partial charge in [0.15, 0.2) is 11.5 Å². The second-order valence-corrected chi connectivity index (χ2v) is 6.43. The second kappa shape index (κ2) is 7.04. The zero-order valence-corrected chi connectivity index (χ0v) is 15.0. The molecule has 1 heterocycles. The summed E-state index contributed by atoms with van der Waals surface area (Å²) in [6.45, 7) is 5.63. The number of anilines is 1. The van der Waals surface area contributed by atoms with Crippen LogP contribution < -0.4 is 9.64 Å². The van der Waals surface area contributed by atoms with Gasteiger partial charge in [-0.3, -0.25) is 9.69 Å². The Hall–Kier alpha value is -3.08. The van der Waals surface area contributed by atoms with Crippen molar-refractivity contribution in [1.82, 2.24) is 0 Å². The number of nitrogens with zero attached hydrogens (tertiary/aromatic N) is 1. The van der Waals surface area contributed by atoms with E-state index in [0.29, 0.717) is 17.9 Å². The van der Waals surface area contributed by atoms with Gasteiger partial charge in [-0.2, -0.15) is 0 Å². The highest BCUT2D eigenvalue weighted by molar-refractivity contribution is 6.12. The smallest absolute Gasteiger partial charge is 0.326 e. The van der Waals surface area contributed by atoms with Gasteiger partial charge in [0.1, 0.15) is 6.04 Å². The van der Waals surface area contributed by atoms with Crippen molar-refractivity contribution in [1.29, 1.82) is 0 Å². The number of carbonyl (C=O) groups is 2. The molecule has 1 N–H and O–H groups in total. The minimum absolute atomic E-state index is 0.116. The van der Waals surface area contributed by atoms with Gasteiger partial charge in [-0.15, -0.1) is 0 Å². The molecule has 2 aromatic carbocycles. The SMILES string of the molecule is CCC(C(=O)O)N1C(=O)/C(=C\c2ccc(C)cc2)Oc2ccc(C)cc21. The predicted molar refractivity (Wildman–Crippen MR) is 100 cm³/mol. The maximum absolute atomic E-state index is 13.0. The number of aliphatic carboxylic acids is 1. The molecule has 1 aliphatic heterocycles. The molecule has 0 bridgehead atoms. The van der Waals surface area contributed by atoms with Crippen LogP contribution in [0.1, 0.15) is 30.0 Å². The fourth-order valence-electron chi connectivity index (χ4n) is 2.97. The molecule has 0 radical (unpaired) electrons. The zero-order chi connectivity index (χ0) is 18.8. The third-order valence-corrected chi connectivity index (χ3v) is 4.38. The summed E-state index contributed by atoms with van der Waals surface area (Å²) in [5.74, 6) is -0.888. The van der Waals surface area contributed by atoms with E-state index in [9.17, 15) is 14.7 Å². The maximum atomic E-state index is 13.0. The number of hydrogen-bond acceptors (Lipinski definition) is 3. The average molecular weight is 351 g/mol. The summed E-state index contributed by atoms with van der Waals surface area (Å²) in [4.78, 5) is 26.1. The molecule has 134 valence electrons. The summed E-state index contributed by atoms with van der Waals surface area (Å²) in [6.07, 6.45) is 1.94. The van der Waals surface area contributed by atoms with Gasteiger partial charge in [0, 0.05) is 0 Å². The van der Waals surface area contributed by atoms with E-state index in [-0.39, 0.29) is 5.76 Å². The minimum atomic E-state index is -1.04. The Morgan fingerprint density at radius 2 is 1.81 bits per heavy atom. The molecule has 1 aliphatic rings. The monoisotopic (exact) mass is 351 g/mol. The van der Waals surface area contributed by atoms with Gasteiger partial charge in [0.05, 0.1) is 5.69 Å². The molecule has 0 aromatic heterocycles. The topological polar surface area (TPSA) is 66.8 Å². The molecule has 26 heavy (non-hydrogen) atoms. The van der Waals surface area contributed by atoms with Gasteiger partial charge >= 0.3 is 5.97 Å². The first-order valence-corrected chi connectivity index (χ1v) is 8.54. The van der Waals surface area contributed by atoms with E-state index >= 15 is 0 Å². The van der Waals surface area contributed by atoms with E-state index in [0.717, 1.165) is 16.7 Å². The van der Waals surface area contributed by atoms with E-state index in [4.69, 9.17) is 4.74 Å². The third kappa shape index (κ3) is 3.33. The number of carboxylic acid groups (broad SMARTS) is 1. The molecule has 2 aromatic rings. The van der Waals surface area contributed by atoms with E-state index < -0.39 is 17.9 Å². The Morgan fingerprint density at radius 3 is 2.42 bits per heavy atom. The number of ether oxygens (including phenoxy) is 1. The third-order valence-electron chi connectivity index (χ3n) is 4.38. The molecule has 5 nitrogen and oxygen atoms in total. The summed E-state index contributed by atoms with van der Waals surface area (Å²) in [5.41, 5.74) is 3.35. The lowest BCUT2D eigenvalue weighted by molar-refractivity contribution is -0.140. The first-order chi connectivity index (χ1) is 12.4. The zero-order valence-electron chi connectivity index (χ0n) is 15.0. The summed E-state index contributed by atoms with van der Waals surface area (Å²) < 4.78 is 5.81. The van der Waals surface area contributed by atoms with E-state index in [1.54, 1.807) is 25.1 Å². The van der Waals surface area contributed by atoms with Crippen molar-refractivity contribution in [3.63, 3.8) is 0 Å². The van der Waals surface area contributed by atoms with Gasteiger partial charge in [-0.05, 0) is 49.6 Å². The fourth-order valence-corrected chi connectivity index (χ4v) is 2.97. The van der Waals surface area contributed by atoms with Crippen LogP contribution in [-0.4, -0.2) is 23.0 Å². The molecule has 1 atom stereocenters. The Balaban J connectivity index is 2.10. The molecule has 0 aliphatic carbocycles. The number of carboxylic acids is 1. The first-order valence-electron chi connectivity index (χ1n) is 8.54. The summed E-state index contributed by atoms with van der Waals surface area (Å²) in [7, 11) is 0. The van der Waals surface area contributed by atoms with Crippen LogP contribution in [-0.2, 0) is 9.59 Å². The maximum Gasteiger partial charge on any atom is 0.326 e. The first kappa shape index (κ1) is 17.7. The molecular weight excluding hydrogens is 330 g/mol. The fraction of sp³-hybridized carbons (Fsp3) is 0.238. The lowest BCUT2D eigenvalue weighted by Gasteiger charge is -2.34. The molecule has 3 rings (SSSR count). The van der Waals surface area contributed by atoms with Crippen molar-refractivity contribution in [2.75, 3.05) is 4.90 Å². The molecule has 0 spiro atoms. The van der Waals surface area contributed by atoms with Gasteiger partial charge in [0.25, 0.3) is 5.91 Å². The number of benzene rings is 2. The van der Waals surface area contributed by atoms with Crippen LogP contribution in [0.25, 0.3) is 6.08 Å². The number of rotatable bonds is 4. The van der Waals surface area contributed by atoms with Crippen molar-refractivity contribution < 1.29 is 19.4 Å². The van der Waals surface area contributed by atoms with Crippen molar-refractivity contribution in [2.24, 2.45) is 0 Å². The lowest BCUT2D eigenvalue weighted by atomic mass is 10.1. The predicted octanol–water partition coefficient (Wildman–Crippen LogP) is 3.93.